The Morgan fingerprint density at radius 3 is 2.67 bits per heavy atom. The maximum Gasteiger partial charge on any atom is 0.146 e. The van der Waals surface area contributed by atoms with Gasteiger partial charge in [0, 0.05) is 6.20 Å². The van der Waals surface area contributed by atoms with Crippen LogP contribution < -0.4 is 11.3 Å². The standard InChI is InChI=1S/C14H16FN3/c1-9-5-3-6-11(10(9)2)13(18-16)14-12(15)7-4-8-17-14/h3-8,13,18H,16H2,1-2H3. The zero-order chi connectivity index (χ0) is 13.1. The molecule has 94 valence electrons. The Morgan fingerprint density at radius 1 is 1.22 bits per heavy atom. The molecule has 2 rings (SSSR count). The van der Waals surface area contributed by atoms with Crippen LogP contribution in [0.5, 0.6) is 0 Å². The number of rotatable bonds is 3. The van der Waals surface area contributed by atoms with Gasteiger partial charge in [0.15, 0.2) is 0 Å². The number of hydrogen-bond acceptors (Lipinski definition) is 3. The summed E-state index contributed by atoms with van der Waals surface area (Å²) in [5, 5.41) is 0. The highest BCUT2D eigenvalue weighted by molar-refractivity contribution is 5.39. The van der Waals surface area contributed by atoms with Gasteiger partial charge in [-0.25, -0.2) is 9.82 Å². The fourth-order valence-electron chi connectivity index (χ4n) is 2.01. The van der Waals surface area contributed by atoms with E-state index >= 15 is 0 Å². The van der Waals surface area contributed by atoms with E-state index < -0.39 is 6.04 Å². The summed E-state index contributed by atoms with van der Waals surface area (Å²) in [5.41, 5.74) is 6.13. The third kappa shape index (κ3) is 2.25. The predicted molar refractivity (Wildman–Crippen MR) is 69.3 cm³/mol. The summed E-state index contributed by atoms with van der Waals surface area (Å²) in [4.78, 5) is 4.08. The molecule has 1 heterocycles. The van der Waals surface area contributed by atoms with Crippen molar-refractivity contribution in [2.24, 2.45) is 5.84 Å². The topological polar surface area (TPSA) is 50.9 Å². The molecule has 0 amide bonds. The van der Waals surface area contributed by atoms with Crippen molar-refractivity contribution < 1.29 is 4.39 Å². The predicted octanol–water partition coefficient (Wildman–Crippen LogP) is 2.39. The highest BCUT2D eigenvalue weighted by atomic mass is 19.1. The van der Waals surface area contributed by atoms with Crippen LogP contribution in [-0.4, -0.2) is 4.98 Å². The molecule has 1 atom stereocenters. The molecule has 4 heteroatoms. The van der Waals surface area contributed by atoms with Crippen LogP contribution in [0.1, 0.15) is 28.4 Å². The minimum atomic E-state index is -0.439. The lowest BCUT2D eigenvalue weighted by atomic mass is 9.95. The molecule has 0 aliphatic rings. The maximum absolute atomic E-state index is 13.8. The van der Waals surface area contributed by atoms with Crippen LogP contribution in [0.2, 0.25) is 0 Å². The first-order valence-corrected chi connectivity index (χ1v) is 5.77. The van der Waals surface area contributed by atoms with Crippen LogP contribution in [0.4, 0.5) is 4.39 Å². The zero-order valence-corrected chi connectivity index (χ0v) is 10.4. The molecule has 0 fully saturated rings. The number of nitrogens with one attached hydrogen (secondary N) is 1. The number of aryl methyl sites for hydroxylation is 1. The summed E-state index contributed by atoms with van der Waals surface area (Å²) < 4.78 is 13.8. The molecule has 0 aliphatic heterocycles. The summed E-state index contributed by atoms with van der Waals surface area (Å²) in [5.74, 6) is 5.21. The fraction of sp³-hybridized carbons (Fsp3) is 0.214. The van der Waals surface area contributed by atoms with Crippen molar-refractivity contribution >= 4 is 0 Å². The van der Waals surface area contributed by atoms with Crippen molar-refractivity contribution in [1.29, 1.82) is 0 Å². The molecule has 0 spiro atoms. The lowest BCUT2D eigenvalue weighted by molar-refractivity contribution is 0.542. The lowest BCUT2D eigenvalue weighted by Crippen LogP contribution is -2.31. The van der Waals surface area contributed by atoms with Crippen molar-refractivity contribution in [2.75, 3.05) is 0 Å². The Morgan fingerprint density at radius 2 is 2.00 bits per heavy atom. The molecule has 0 aliphatic carbocycles. The molecule has 0 saturated carbocycles. The second-order valence-electron chi connectivity index (χ2n) is 4.26. The molecule has 18 heavy (non-hydrogen) atoms. The highest BCUT2D eigenvalue weighted by Crippen LogP contribution is 2.26. The van der Waals surface area contributed by atoms with E-state index in [2.05, 4.69) is 10.4 Å². The van der Waals surface area contributed by atoms with Crippen LogP contribution in [0.25, 0.3) is 0 Å². The molecular formula is C14H16FN3. The molecule has 3 nitrogen and oxygen atoms in total. The van der Waals surface area contributed by atoms with Gasteiger partial charge in [0.2, 0.25) is 0 Å². The number of halogens is 1. The zero-order valence-electron chi connectivity index (χ0n) is 10.4. The quantitative estimate of drug-likeness (QED) is 0.645. The van der Waals surface area contributed by atoms with Gasteiger partial charge in [-0.1, -0.05) is 18.2 Å². The lowest BCUT2D eigenvalue weighted by Gasteiger charge is -2.19. The summed E-state index contributed by atoms with van der Waals surface area (Å²) >= 11 is 0. The Balaban J connectivity index is 2.53. The number of hydrazine groups is 1. The van der Waals surface area contributed by atoms with Crippen LogP contribution in [0.15, 0.2) is 36.5 Å². The smallest absolute Gasteiger partial charge is 0.146 e. The first-order valence-electron chi connectivity index (χ1n) is 5.77. The summed E-state index contributed by atoms with van der Waals surface area (Å²) in [6.45, 7) is 4.01. The Labute approximate surface area is 106 Å². The molecular weight excluding hydrogens is 229 g/mol. The van der Waals surface area contributed by atoms with Gasteiger partial charge in [0.1, 0.15) is 5.82 Å². The van der Waals surface area contributed by atoms with Gasteiger partial charge in [0.25, 0.3) is 0 Å². The van der Waals surface area contributed by atoms with E-state index in [4.69, 9.17) is 5.84 Å². The van der Waals surface area contributed by atoms with Crippen molar-refractivity contribution in [3.05, 3.63) is 64.7 Å². The number of benzene rings is 1. The summed E-state index contributed by atoms with van der Waals surface area (Å²) in [6, 6.07) is 8.39. The van der Waals surface area contributed by atoms with Gasteiger partial charge in [-0.2, -0.15) is 0 Å². The van der Waals surface area contributed by atoms with E-state index in [0.717, 1.165) is 16.7 Å². The van der Waals surface area contributed by atoms with Crippen LogP contribution in [-0.2, 0) is 0 Å². The Hall–Kier alpha value is -1.78. The molecule has 0 saturated heterocycles. The molecule has 0 radical (unpaired) electrons. The SMILES string of the molecule is Cc1cccc(C(NN)c2ncccc2F)c1C. The second kappa shape index (κ2) is 5.25. The Kier molecular flexibility index (Phi) is 3.69. The van der Waals surface area contributed by atoms with E-state index in [1.807, 2.05) is 32.0 Å². The average molecular weight is 245 g/mol. The minimum Gasteiger partial charge on any atom is -0.271 e. The molecule has 1 aromatic carbocycles. The third-order valence-corrected chi connectivity index (χ3v) is 3.18. The number of aromatic nitrogens is 1. The average Bonchev–Trinajstić information content (AvgIpc) is 2.37. The van der Waals surface area contributed by atoms with E-state index in [0.29, 0.717) is 5.69 Å². The first kappa shape index (κ1) is 12.7. The number of nitrogens with two attached hydrogens (primary N) is 1. The van der Waals surface area contributed by atoms with E-state index in [1.165, 1.54) is 6.07 Å². The molecule has 0 bridgehead atoms. The van der Waals surface area contributed by atoms with Gasteiger partial charge >= 0.3 is 0 Å². The number of pyridine rings is 1. The third-order valence-electron chi connectivity index (χ3n) is 3.18. The Bertz CT molecular complexity index is 554. The van der Waals surface area contributed by atoms with Gasteiger partial charge in [0.05, 0.1) is 11.7 Å². The van der Waals surface area contributed by atoms with E-state index in [-0.39, 0.29) is 5.82 Å². The van der Waals surface area contributed by atoms with Crippen molar-refractivity contribution in [1.82, 2.24) is 10.4 Å². The second-order valence-corrected chi connectivity index (χ2v) is 4.26. The highest BCUT2D eigenvalue weighted by Gasteiger charge is 2.19. The summed E-state index contributed by atoms with van der Waals surface area (Å²) in [6.07, 6.45) is 1.56. The van der Waals surface area contributed by atoms with Gasteiger partial charge < -0.3 is 0 Å². The number of hydrogen-bond donors (Lipinski definition) is 2. The maximum atomic E-state index is 13.8. The fourth-order valence-corrected chi connectivity index (χ4v) is 2.01. The van der Waals surface area contributed by atoms with E-state index in [1.54, 1.807) is 12.3 Å². The van der Waals surface area contributed by atoms with Crippen molar-refractivity contribution in [3.8, 4) is 0 Å². The molecule has 1 unspecified atom stereocenters. The van der Waals surface area contributed by atoms with Crippen LogP contribution in [0, 0.1) is 19.7 Å². The van der Waals surface area contributed by atoms with Crippen LogP contribution >= 0.6 is 0 Å². The largest absolute Gasteiger partial charge is 0.271 e. The summed E-state index contributed by atoms with van der Waals surface area (Å²) in [7, 11) is 0. The van der Waals surface area contributed by atoms with Crippen molar-refractivity contribution in [2.45, 2.75) is 19.9 Å². The van der Waals surface area contributed by atoms with Gasteiger partial charge in [-0.3, -0.25) is 10.8 Å². The molecule has 1 aromatic heterocycles. The van der Waals surface area contributed by atoms with Crippen LogP contribution in [0.3, 0.4) is 0 Å². The monoisotopic (exact) mass is 245 g/mol. The van der Waals surface area contributed by atoms with Gasteiger partial charge in [-0.05, 0) is 42.7 Å². The molecule has 3 N–H and O–H groups in total. The van der Waals surface area contributed by atoms with Crippen molar-refractivity contribution in [3.63, 3.8) is 0 Å². The number of nitrogens with zero attached hydrogens (tertiary/aromatic N) is 1. The first-order chi connectivity index (χ1) is 8.65. The normalized spacial score (nSPS) is 12.4. The van der Waals surface area contributed by atoms with E-state index in [9.17, 15) is 4.39 Å². The van der Waals surface area contributed by atoms with Gasteiger partial charge in [-0.15, -0.1) is 0 Å². The minimum absolute atomic E-state index is 0.314. The molecule has 2 aromatic rings.